The van der Waals surface area contributed by atoms with Crippen molar-refractivity contribution in [3.8, 4) is 0 Å². The van der Waals surface area contributed by atoms with Crippen LogP contribution in [0.2, 0.25) is 0 Å². The molecule has 0 saturated heterocycles. The van der Waals surface area contributed by atoms with E-state index in [4.69, 9.17) is 5.14 Å². The molecule has 21 heavy (non-hydrogen) atoms. The number of primary sulfonamides is 1. The number of carbonyl (C=O) groups excluding carboxylic acids is 1. The summed E-state index contributed by atoms with van der Waals surface area (Å²) in [7, 11) is -3.66. The van der Waals surface area contributed by atoms with Crippen LogP contribution in [0.1, 0.15) is 18.4 Å². The Labute approximate surface area is 130 Å². The van der Waals surface area contributed by atoms with Gasteiger partial charge in [-0.25, -0.2) is 13.6 Å². The predicted octanol–water partition coefficient (Wildman–Crippen LogP) is 0.372. The molecule has 0 atom stereocenters. The van der Waals surface area contributed by atoms with Crippen molar-refractivity contribution in [2.45, 2.75) is 24.3 Å². The molecular weight excluding hydrogens is 314 g/mol. The van der Waals surface area contributed by atoms with Crippen molar-refractivity contribution in [3.05, 3.63) is 29.8 Å². The van der Waals surface area contributed by atoms with Crippen LogP contribution in [0.15, 0.2) is 29.2 Å². The molecule has 0 aliphatic heterocycles. The van der Waals surface area contributed by atoms with Crippen molar-refractivity contribution in [1.82, 2.24) is 10.6 Å². The van der Waals surface area contributed by atoms with Gasteiger partial charge in [0, 0.05) is 6.54 Å². The molecule has 1 amide bonds. The first kappa shape index (κ1) is 17.9. The number of hydrogen-bond acceptors (Lipinski definition) is 4. The third-order valence-corrected chi connectivity index (χ3v) is 4.09. The number of carbonyl (C=O) groups is 1. The van der Waals surface area contributed by atoms with Gasteiger partial charge in [0.2, 0.25) is 15.9 Å². The van der Waals surface area contributed by atoms with Crippen molar-refractivity contribution in [3.63, 3.8) is 0 Å². The summed E-state index contributed by atoms with van der Waals surface area (Å²) < 4.78 is 22.2. The van der Waals surface area contributed by atoms with E-state index in [0.29, 0.717) is 13.1 Å². The predicted molar refractivity (Wildman–Crippen MR) is 82.5 cm³/mol. The smallest absolute Gasteiger partial charge is 0.238 e. The van der Waals surface area contributed by atoms with Gasteiger partial charge >= 0.3 is 0 Å². The Balaban J connectivity index is 0.00000220. The Morgan fingerprint density at radius 1 is 1.24 bits per heavy atom. The number of benzene rings is 1. The van der Waals surface area contributed by atoms with Gasteiger partial charge in [0.15, 0.2) is 0 Å². The Kier molecular flexibility index (Phi) is 6.60. The standard InChI is InChI=1S/C13H19N3O3S.ClH/c14-20(18,19)12-5-3-11(4-6-12)8-16-13(17)9-15-7-10-1-2-10;/h3-6,10,15H,1-2,7-9H2,(H,16,17)(H2,14,18,19);1H. The first-order valence-electron chi connectivity index (χ1n) is 6.54. The van der Waals surface area contributed by atoms with Crippen LogP contribution >= 0.6 is 12.4 Å². The van der Waals surface area contributed by atoms with Gasteiger partial charge < -0.3 is 10.6 Å². The molecule has 0 unspecified atom stereocenters. The number of amides is 1. The highest BCUT2D eigenvalue weighted by Crippen LogP contribution is 2.27. The van der Waals surface area contributed by atoms with E-state index in [1.54, 1.807) is 12.1 Å². The summed E-state index contributed by atoms with van der Waals surface area (Å²) >= 11 is 0. The van der Waals surface area contributed by atoms with E-state index in [2.05, 4.69) is 10.6 Å². The molecule has 2 rings (SSSR count). The summed E-state index contributed by atoms with van der Waals surface area (Å²) in [6.45, 7) is 1.58. The summed E-state index contributed by atoms with van der Waals surface area (Å²) in [5.74, 6) is 0.676. The number of nitrogens with one attached hydrogen (secondary N) is 2. The van der Waals surface area contributed by atoms with Crippen LogP contribution in [-0.2, 0) is 21.4 Å². The maximum Gasteiger partial charge on any atom is 0.238 e. The fraction of sp³-hybridized carbons (Fsp3) is 0.462. The van der Waals surface area contributed by atoms with Crippen molar-refractivity contribution in [2.24, 2.45) is 11.1 Å². The molecule has 8 heteroatoms. The number of sulfonamides is 1. The van der Waals surface area contributed by atoms with Gasteiger partial charge in [0.05, 0.1) is 11.4 Å². The minimum Gasteiger partial charge on any atom is -0.351 e. The van der Waals surface area contributed by atoms with Crippen LogP contribution in [-0.4, -0.2) is 27.4 Å². The highest BCUT2D eigenvalue weighted by Gasteiger charge is 2.20. The second-order valence-corrected chi connectivity index (χ2v) is 6.60. The second-order valence-electron chi connectivity index (χ2n) is 5.04. The molecule has 1 aromatic rings. The molecule has 0 radical (unpaired) electrons. The lowest BCUT2D eigenvalue weighted by molar-refractivity contribution is -0.120. The number of rotatable bonds is 7. The lowest BCUT2D eigenvalue weighted by atomic mass is 10.2. The van der Waals surface area contributed by atoms with Crippen molar-refractivity contribution < 1.29 is 13.2 Å². The van der Waals surface area contributed by atoms with Gasteiger partial charge in [0.1, 0.15) is 0 Å². The van der Waals surface area contributed by atoms with E-state index < -0.39 is 10.0 Å². The van der Waals surface area contributed by atoms with Gasteiger partial charge in [-0.15, -0.1) is 12.4 Å². The Morgan fingerprint density at radius 2 is 1.86 bits per heavy atom. The molecule has 1 fully saturated rings. The summed E-state index contributed by atoms with van der Waals surface area (Å²) in [4.78, 5) is 11.6. The van der Waals surface area contributed by atoms with Gasteiger partial charge in [-0.1, -0.05) is 12.1 Å². The average Bonchev–Trinajstić information content (AvgIpc) is 3.20. The fourth-order valence-corrected chi connectivity index (χ4v) is 2.29. The van der Waals surface area contributed by atoms with Crippen LogP contribution < -0.4 is 15.8 Å². The summed E-state index contributed by atoms with van der Waals surface area (Å²) in [6, 6.07) is 6.14. The molecule has 0 aromatic heterocycles. The van der Waals surface area contributed by atoms with Gasteiger partial charge in [-0.2, -0.15) is 0 Å². The molecule has 6 nitrogen and oxygen atoms in total. The van der Waals surface area contributed by atoms with Crippen LogP contribution in [0.25, 0.3) is 0 Å². The minimum absolute atomic E-state index is 0. The zero-order chi connectivity index (χ0) is 14.6. The quantitative estimate of drug-likeness (QED) is 0.671. The molecule has 0 spiro atoms. The first-order valence-corrected chi connectivity index (χ1v) is 8.09. The third kappa shape index (κ3) is 6.43. The maximum absolute atomic E-state index is 11.6. The summed E-state index contributed by atoms with van der Waals surface area (Å²) in [5.41, 5.74) is 0.827. The lowest BCUT2D eigenvalue weighted by Gasteiger charge is -2.07. The Morgan fingerprint density at radius 3 is 2.38 bits per heavy atom. The third-order valence-electron chi connectivity index (χ3n) is 3.16. The van der Waals surface area contributed by atoms with E-state index >= 15 is 0 Å². The SMILES string of the molecule is Cl.NS(=O)(=O)c1ccc(CNC(=O)CNCC2CC2)cc1. The zero-order valence-electron chi connectivity index (χ0n) is 11.5. The molecule has 1 saturated carbocycles. The highest BCUT2D eigenvalue weighted by molar-refractivity contribution is 7.89. The molecule has 0 bridgehead atoms. The van der Waals surface area contributed by atoms with Crippen LogP contribution in [0.3, 0.4) is 0 Å². The number of nitrogens with two attached hydrogens (primary N) is 1. The molecule has 4 N–H and O–H groups in total. The van der Waals surface area contributed by atoms with E-state index in [9.17, 15) is 13.2 Å². The van der Waals surface area contributed by atoms with Crippen molar-refractivity contribution in [1.29, 1.82) is 0 Å². The molecule has 118 valence electrons. The molecule has 1 aliphatic rings. The van der Waals surface area contributed by atoms with E-state index in [1.165, 1.54) is 25.0 Å². The number of halogens is 1. The lowest BCUT2D eigenvalue weighted by Crippen LogP contribution is -2.34. The fourth-order valence-electron chi connectivity index (χ4n) is 1.77. The summed E-state index contributed by atoms with van der Waals surface area (Å²) in [6.07, 6.45) is 2.51. The molecule has 0 heterocycles. The van der Waals surface area contributed by atoms with Crippen molar-refractivity contribution in [2.75, 3.05) is 13.1 Å². The van der Waals surface area contributed by atoms with Crippen LogP contribution in [0, 0.1) is 5.92 Å². The largest absolute Gasteiger partial charge is 0.351 e. The van der Waals surface area contributed by atoms with Crippen molar-refractivity contribution >= 4 is 28.3 Å². The van der Waals surface area contributed by atoms with E-state index in [0.717, 1.165) is 18.0 Å². The van der Waals surface area contributed by atoms with E-state index in [-0.39, 0.29) is 23.2 Å². The Bertz CT molecular complexity index is 571. The van der Waals surface area contributed by atoms with Gasteiger partial charge in [0.25, 0.3) is 0 Å². The molecule has 1 aromatic carbocycles. The molecule has 1 aliphatic carbocycles. The first-order chi connectivity index (χ1) is 9.45. The van der Waals surface area contributed by atoms with Crippen LogP contribution in [0.5, 0.6) is 0 Å². The van der Waals surface area contributed by atoms with E-state index in [1.807, 2.05) is 0 Å². The average molecular weight is 334 g/mol. The minimum atomic E-state index is -3.66. The van der Waals surface area contributed by atoms with Crippen LogP contribution in [0.4, 0.5) is 0 Å². The normalized spacial score (nSPS) is 14.3. The monoisotopic (exact) mass is 333 g/mol. The number of hydrogen-bond donors (Lipinski definition) is 3. The second kappa shape index (κ2) is 7.74. The van der Waals surface area contributed by atoms with Gasteiger partial charge in [-0.05, 0) is 43.0 Å². The molecular formula is C13H20ClN3O3S. The topological polar surface area (TPSA) is 101 Å². The maximum atomic E-state index is 11.6. The summed E-state index contributed by atoms with van der Waals surface area (Å²) in [5, 5.41) is 10.9. The highest BCUT2D eigenvalue weighted by atomic mass is 35.5. The Hall–Kier alpha value is -1.15. The van der Waals surface area contributed by atoms with Gasteiger partial charge in [-0.3, -0.25) is 4.79 Å². The zero-order valence-corrected chi connectivity index (χ0v) is 13.2.